The Kier molecular flexibility index (Phi) is 3.16. The second kappa shape index (κ2) is 3.68. The van der Waals surface area contributed by atoms with Crippen LogP contribution in [0.5, 0.6) is 0 Å². The van der Waals surface area contributed by atoms with Gasteiger partial charge in [0.2, 0.25) is 0 Å². The van der Waals surface area contributed by atoms with Crippen LogP contribution in [-0.2, 0) is 0 Å². The monoisotopic (exact) mass is 200 g/mol. The van der Waals surface area contributed by atoms with Crippen LogP contribution in [0.25, 0.3) is 0 Å². The molecule has 1 rings (SSSR count). The van der Waals surface area contributed by atoms with Crippen molar-refractivity contribution in [1.82, 2.24) is 0 Å². The molecule has 0 spiro atoms. The predicted molar refractivity (Wildman–Crippen MR) is 65.9 cm³/mol. The highest BCUT2D eigenvalue weighted by atomic mass is 32.3. The lowest BCUT2D eigenvalue weighted by Crippen LogP contribution is -2.16. The first-order valence-corrected chi connectivity index (χ1v) is 7.78. The Morgan fingerprint density at radius 3 is 2.08 bits per heavy atom. The summed E-state index contributed by atoms with van der Waals surface area (Å²) >= 11 is 0. The van der Waals surface area contributed by atoms with Gasteiger partial charge in [-0.25, -0.2) is 10.0 Å². The molecule has 0 aromatic rings. The summed E-state index contributed by atoms with van der Waals surface area (Å²) in [4.78, 5) is 0. The molecule has 1 fully saturated rings. The molecular weight excluding hydrogens is 176 g/mol. The maximum absolute atomic E-state index is 4.26. The second-order valence-corrected chi connectivity index (χ2v) is 9.65. The summed E-state index contributed by atoms with van der Waals surface area (Å²) in [5.41, 5.74) is 1.78. The Hall–Kier alpha value is 0.0900. The van der Waals surface area contributed by atoms with Gasteiger partial charge in [0.05, 0.1) is 0 Å². The summed E-state index contributed by atoms with van der Waals surface area (Å²) in [5, 5.41) is 0. The Labute approximate surface area is 85.1 Å². The van der Waals surface area contributed by atoms with E-state index >= 15 is 0 Å². The standard InChI is InChI=1S/C12H24S/c1-11(12(2,3)4)10-13(5)8-6-7-9-13/h1,6-10H2,2-5H3. The molecule has 0 atom stereocenters. The fourth-order valence-electron chi connectivity index (χ4n) is 1.78. The summed E-state index contributed by atoms with van der Waals surface area (Å²) in [6, 6.07) is 0. The van der Waals surface area contributed by atoms with E-state index in [1.165, 1.54) is 35.7 Å². The third-order valence-corrected chi connectivity index (χ3v) is 6.70. The molecule has 1 saturated heterocycles. The van der Waals surface area contributed by atoms with Crippen molar-refractivity contribution in [1.29, 1.82) is 0 Å². The molecule has 0 aliphatic carbocycles. The van der Waals surface area contributed by atoms with Gasteiger partial charge in [0.15, 0.2) is 0 Å². The van der Waals surface area contributed by atoms with E-state index in [-0.39, 0.29) is 10.0 Å². The highest BCUT2D eigenvalue weighted by molar-refractivity contribution is 8.33. The van der Waals surface area contributed by atoms with Crippen LogP contribution < -0.4 is 0 Å². The number of hydrogen-bond acceptors (Lipinski definition) is 0. The van der Waals surface area contributed by atoms with Crippen LogP contribution in [0.4, 0.5) is 0 Å². The molecule has 13 heavy (non-hydrogen) atoms. The summed E-state index contributed by atoms with van der Waals surface area (Å²) < 4.78 is 0. The van der Waals surface area contributed by atoms with Crippen LogP contribution >= 0.6 is 10.0 Å². The van der Waals surface area contributed by atoms with Gasteiger partial charge in [-0.15, -0.1) is 0 Å². The fourth-order valence-corrected chi connectivity index (χ4v) is 5.35. The van der Waals surface area contributed by atoms with Gasteiger partial charge in [0.1, 0.15) is 0 Å². The van der Waals surface area contributed by atoms with Gasteiger partial charge in [-0.05, 0) is 41.8 Å². The fraction of sp³-hybridized carbons (Fsp3) is 0.833. The average molecular weight is 200 g/mol. The Balaban J connectivity index is 2.53. The molecular formula is C12H24S. The van der Waals surface area contributed by atoms with Crippen LogP contribution in [0.3, 0.4) is 0 Å². The lowest BCUT2D eigenvalue weighted by atomic mass is 9.89. The maximum Gasteiger partial charge on any atom is -0.00161 e. The minimum absolute atomic E-state index is 0.286. The van der Waals surface area contributed by atoms with Crippen molar-refractivity contribution in [2.24, 2.45) is 5.41 Å². The van der Waals surface area contributed by atoms with Gasteiger partial charge < -0.3 is 0 Å². The van der Waals surface area contributed by atoms with Crippen molar-refractivity contribution in [3.8, 4) is 0 Å². The zero-order valence-electron chi connectivity index (χ0n) is 9.65. The van der Waals surface area contributed by atoms with E-state index in [4.69, 9.17) is 0 Å². The van der Waals surface area contributed by atoms with Gasteiger partial charge in [0.25, 0.3) is 0 Å². The molecule has 1 aliphatic rings. The zero-order chi connectivity index (χ0) is 10.1. The summed E-state index contributed by atoms with van der Waals surface area (Å²) in [6.07, 6.45) is 5.43. The highest BCUT2D eigenvalue weighted by Gasteiger charge is 2.27. The first kappa shape index (κ1) is 11.2. The van der Waals surface area contributed by atoms with Crippen LogP contribution in [0.1, 0.15) is 33.6 Å². The minimum atomic E-state index is -0.286. The topological polar surface area (TPSA) is 0 Å². The summed E-state index contributed by atoms with van der Waals surface area (Å²) in [5.74, 6) is 4.29. The Morgan fingerprint density at radius 2 is 1.69 bits per heavy atom. The largest absolute Gasteiger partial charge is 0.240 e. The van der Waals surface area contributed by atoms with Crippen LogP contribution in [0.2, 0.25) is 0 Å². The molecule has 1 heteroatoms. The smallest absolute Gasteiger partial charge is 0.00161 e. The van der Waals surface area contributed by atoms with E-state index in [1.807, 2.05) is 0 Å². The van der Waals surface area contributed by atoms with E-state index in [0.717, 1.165) is 0 Å². The molecule has 0 radical (unpaired) electrons. The van der Waals surface area contributed by atoms with E-state index in [9.17, 15) is 0 Å². The number of hydrogen-bond donors (Lipinski definition) is 0. The molecule has 1 aliphatic heterocycles. The molecule has 0 N–H and O–H groups in total. The van der Waals surface area contributed by atoms with Crippen molar-refractivity contribution in [3.63, 3.8) is 0 Å². The van der Waals surface area contributed by atoms with E-state index < -0.39 is 0 Å². The van der Waals surface area contributed by atoms with Gasteiger partial charge in [-0.1, -0.05) is 32.9 Å². The van der Waals surface area contributed by atoms with E-state index in [2.05, 4.69) is 33.6 Å². The van der Waals surface area contributed by atoms with Gasteiger partial charge in [-0.2, -0.15) is 0 Å². The molecule has 0 aromatic heterocycles. The van der Waals surface area contributed by atoms with Crippen molar-refractivity contribution in [3.05, 3.63) is 12.2 Å². The average Bonchev–Trinajstić information content (AvgIpc) is 2.33. The second-order valence-electron chi connectivity index (χ2n) is 5.59. The third kappa shape index (κ3) is 3.05. The van der Waals surface area contributed by atoms with E-state index in [1.54, 1.807) is 0 Å². The van der Waals surface area contributed by atoms with Crippen LogP contribution in [0, 0.1) is 5.41 Å². The van der Waals surface area contributed by atoms with Crippen molar-refractivity contribution in [2.75, 3.05) is 23.5 Å². The van der Waals surface area contributed by atoms with Crippen LogP contribution in [0.15, 0.2) is 12.2 Å². The molecule has 0 amide bonds. The van der Waals surface area contributed by atoms with E-state index in [0.29, 0.717) is 5.41 Å². The first-order valence-electron chi connectivity index (χ1n) is 5.23. The molecule has 0 aromatic carbocycles. The molecule has 0 unspecified atom stereocenters. The van der Waals surface area contributed by atoms with Crippen molar-refractivity contribution >= 4 is 10.0 Å². The van der Waals surface area contributed by atoms with Crippen LogP contribution in [-0.4, -0.2) is 23.5 Å². The highest BCUT2D eigenvalue weighted by Crippen LogP contribution is 2.53. The zero-order valence-corrected chi connectivity index (χ0v) is 10.5. The van der Waals surface area contributed by atoms with Crippen molar-refractivity contribution < 1.29 is 0 Å². The molecule has 78 valence electrons. The van der Waals surface area contributed by atoms with Gasteiger partial charge in [0, 0.05) is 0 Å². The maximum atomic E-state index is 4.26. The van der Waals surface area contributed by atoms with Crippen molar-refractivity contribution in [2.45, 2.75) is 33.6 Å². The summed E-state index contributed by atoms with van der Waals surface area (Å²) in [6.45, 7) is 11.1. The predicted octanol–water partition coefficient (Wildman–Crippen LogP) is 3.82. The van der Waals surface area contributed by atoms with Gasteiger partial charge in [-0.3, -0.25) is 0 Å². The SMILES string of the molecule is C=C(CS1(C)CCCC1)C(C)(C)C. The molecule has 0 bridgehead atoms. The minimum Gasteiger partial charge on any atom is -0.240 e. The quantitative estimate of drug-likeness (QED) is 0.595. The molecule has 0 nitrogen and oxygen atoms in total. The third-order valence-electron chi connectivity index (χ3n) is 3.11. The Morgan fingerprint density at radius 1 is 1.23 bits per heavy atom. The lowest BCUT2D eigenvalue weighted by molar-refractivity contribution is 0.508. The summed E-state index contributed by atoms with van der Waals surface area (Å²) in [7, 11) is -0.286. The molecule has 1 heterocycles. The Bertz CT molecular complexity index is 192. The number of rotatable bonds is 2. The van der Waals surface area contributed by atoms with Gasteiger partial charge >= 0.3 is 0 Å². The normalized spacial score (nSPS) is 24.3. The lowest BCUT2D eigenvalue weighted by Gasteiger charge is -2.35. The molecule has 0 saturated carbocycles. The first-order chi connectivity index (χ1) is 5.83.